The third-order valence-electron chi connectivity index (χ3n) is 5.50. The standard InChI is InChI=1S/C24H27N5O/c1-17-4-7-20(8-5-17)25-24(30)29-14-12-28(13-15-29)23-11-10-22(26-27-23)21-9-6-18(2)16-19(21)3/h4-11,16H,12-15H2,1-3H3,(H,25,30). The summed E-state index contributed by atoms with van der Waals surface area (Å²) in [6, 6.07) is 18.2. The molecule has 0 aliphatic carbocycles. The molecule has 0 unspecified atom stereocenters. The Balaban J connectivity index is 1.35. The summed E-state index contributed by atoms with van der Waals surface area (Å²) >= 11 is 0. The molecule has 6 nitrogen and oxygen atoms in total. The summed E-state index contributed by atoms with van der Waals surface area (Å²) in [6.07, 6.45) is 0. The van der Waals surface area contributed by atoms with E-state index in [9.17, 15) is 4.79 Å². The summed E-state index contributed by atoms with van der Waals surface area (Å²) in [4.78, 5) is 16.5. The lowest BCUT2D eigenvalue weighted by molar-refractivity contribution is 0.208. The minimum absolute atomic E-state index is 0.0604. The van der Waals surface area contributed by atoms with Gasteiger partial charge in [-0.1, -0.05) is 41.5 Å². The molecular weight excluding hydrogens is 374 g/mol. The van der Waals surface area contributed by atoms with Gasteiger partial charge >= 0.3 is 6.03 Å². The Morgan fingerprint density at radius 3 is 2.17 bits per heavy atom. The lowest BCUT2D eigenvalue weighted by atomic mass is 10.0. The first kappa shape index (κ1) is 19.9. The summed E-state index contributed by atoms with van der Waals surface area (Å²) in [6.45, 7) is 8.99. The number of hydrogen-bond acceptors (Lipinski definition) is 4. The van der Waals surface area contributed by atoms with E-state index in [1.54, 1.807) is 0 Å². The van der Waals surface area contributed by atoms with Crippen LogP contribution in [-0.2, 0) is 0 Å². The van der Waals surface area contributed by atoms with Crippen LogP contribution in [0.1, 0.15) is 16.7 Å². The maximum absolute atomic E-state index is 12.5. The molecule has 30 heavy (non-hydrogen) atoms. The average Bonchev–Trinajstić information content (AvgIpc) is 2.76. The van der Waals surface area contributed by atoms with Gasteiger partial charge in [-0.15, -0.1) is 10.2 Å². The highest BCUT2D eigenvalue weighted by molar-refractivity contribution is 5.89. The van der Waals surface area contributed by atoms with Gasteiger partial charge < -0.3 is 15.1 Å². The largest absolute Gasteiger partial charge is 0.352 e. The summed E-state index contributed by atoms with van der Waals surface area (Å²) in [5.74, 6) is 0.849. The lowest BCUT2D eigenvalue weighted by Crippen LogP contribution is -2.50. The minimum atomic E-state index is -0.0604. The molecule has 154 valence electrons. The van der Waals surface area contributed by atoms with Crippen LogP contribution in [0.25, 0.3) is 11.3 Å². The van der Waals surface area contributed by atoms with Gasteiger partial charge in [0.1, 0.15) is 0 Å². The maximum atomic E-state index is 12.5. The highest BCUT2D eigenvalue weighted by Gasteiger charge is 2.22. The number of hydrogen-bond donors (Lipinski definition) is 1. The predicted molar refractivity (Wildman–Crippen MR) is 121 cm³/mol. The highest BCUT2D eigenvalue weighted by Crippen LogP contribution is 2.23. The van der Waals surface area contributed by atoms with Crippen LogP contribution in [0.4, 0.5) is 16.3 Å². The molecule has 1 saturated heterocycles. The van der Waals surface area contributed by atoms with Gasteiger partial charge in [0.2, 0.25) is 0 Å². The number of piperazine rings is 1. The number of benzene rings is 2. The zero-order valence-electron chi connectivity index (χ0n) is 17.7. The molecule has 1 N–H and O–H groups in total. The van der Waals surface area contributed by atoms with Crippen molar-refractivity contribution in [1.29, 1.82) is 0 Å². The quantitative estimate of drug-likeness (QED) is 0.706. The highest BCUT2D eigenvalue weighted by atomic mass is 16.2. The van der Waals surface area contributed by atoms with Gasteiger partial charge in [-0.05, 0) is 50.6 Å². The van der Waals surface area contributed by atoms with Crippen molar-refractivity contribution in [1.82, 2.24) is 15.1 Å². The van der Waals surface area contributed by atoms with E-state index in [0.29, 0.717) is 13.1 Å². The van der Waals surface area contributed by atoms with Crippen molar-refractivity contribution in [3.8, 4) is 11.3 Å². The van der Waals surface area contributed by atoms with Crippen LogP contribution in [-0.4, -0.2) is 47.3 Å². The van der Waals surface area contributed by atoms with Crippen molar-refractivity contribution in [2.45, 2.75) is 20.8 Å². The van der Waals surface area contributed by atoms with Crippen molar-refractivity contribution in [2.24, 2.45) is 0 Å². The van der Waals surface area contributed by atoms with Gasteiger partial charge in [-0.25, -0.2) is 4.79 Å². The molecule has 0 atom stereocenters. The molecular formula is C24H27N5O. The molecule has 2 heterocycles. The molecule has 3 aromatic rings. The first-order valence-electron chi connectivity index (χ1n) is 10.3. The monoisotopic (exact) mass is 401 g/mol. The third kappa shape index (κ3) is 4.43. The van der Waals surface area contributed by atoms with E-state index in [4.69, 9.17) is 0 Å². The summed E-state index contributed by atoms with van der Waals surface area (Å²) < 4.78 is 0. The SMILES string of the molecule is Cc1ccc(NC(=O)N2CCN(c3ccc(-c4ccc(C)cc4C)nn3)CC2)cc1. The molecule has 1 aromatic heterocycles. The van der Waals surface area contributed by atoms with E-state index >= 15 is 0 Å². The number of aryl methyl sites for hydroxylation is 3. The maximum Gasteiger partial charge on any atom is 0.321 e. The van der Waals surface area contributed by atoms with Gasteiger partial charge in [-0.2, -0.15) is 0 Å². The summed E-state index contributed by atoms with van der Waals surface area (Å²) in [7, 11) is 0. The Hall–Kier alpha value is -3.41. The molecule has 0 bridgehead atoms. The summed E-state index contributed by atoms with van der Waals surface area (Å²) in [5, 5.41) is 11.9. The lowest BCUT2D eigenvalue weighted by Gasteiger charge is -2.35. The Bertz CT molecular complexity index is 1020. The molecule has 0 radical (unpaired) electrons. The van der Waals surface area contributed by atoms with E-state index in [1.807, 2.05) is 48.2 Å². The van der Waals surface area contributed by atoms with Crippen LogP contribution in [0.2, 0.25) is 0 Å². The second-order valence-electron chi connectivity index (χ2n) is 7.87. The molecule has 6 heteroatoms. The van der Waals surface area contributed by atoms with Crippen LogP contribution < -0.4 is 10.2 Å². The number of aromatic nitrogens is 2. The zero-order valence-corrected chi connectivity index (χ0v) is 17.7. The number of urea groups is 1. The van der Waals surface area contributed by atoms with Crippen molar-refractivity contribution in [2.75, 3.05) is 36.4 Å². The Morgan fingerprint density at radius 1 is 0.833 bits per heavy atom. The first-order valence-corrected chi connectivity index (χ1v) is 10.3. The predicted octanol–water partition coefficient (Wildman–Crippen LogP) is 4.42. The van der Waals surface area contributed by atoms with Gasteiger partial charge in [0, 0.05) is 37.4 Å². The fourth-order valence-electron chi connectivity index (χ4n) is 3.72. The van der Waals surface area contributed by atoms with Crippen molar-refractivity contribution in [3.05, 3.63) is 71.3 Å². The molecule has 0 spiro atoms. The summed E-state index contributed by atoms with van der Waals surface area (Å²) in [5.41, 5.74) is 6.42. The average molecular weight is 402 g/mol. The fraction of sp³-hybridized carbons (Fsp3) is 0.292. The molecule has 1 fully saturated rings. The van der Waals surface area contributed by atoms with Gasteiger partial charge in [0.15, 0.2) is 5.82 Å². The van der Waals surface area contributed by atoms with Crippen LogP contribution in [0.5, 0.6) is 0 Å². The van der Waals surface area contributed by atoms with Crippen molar-refractivity contribution in [3.63, 3.8) is 0 Å². The Labute approximate surface area is 177 Å². The smallest absolute Gasteiger partial charge is 0.321 e. The molecule has 1 aliphatic rings. The number of nitrogens with one attached hydrogen (secondary N) is 1. The minimum Gasteiger partial charge on any atom is -0.352 e. The molecule has 2 aromatic carbocycles. The fourth-order valence-corrected chi connectivity index (χ4v) is 3.72. The van der Waals surface area contributed by atoms with E-state index < -0.39 is 0 Å². The second kappa shape index (κ2) is 8.53. The van der Waals surface area contributed by atoms with Crippen LogP contribution in [0.15, 0.2) is 54.6 Å². The van der Waals surface area contributed by atoms with E-state index in [2.05, 4.69) is 52.5 Å². The first-order chi connectivity index (χ1) is 14.5. The van der Waals surface area contributed by atoms with E-state index in [0.717, 1.165) is 35.9 Å². The second-order valence-corrected chi connectivity index (χ2v) is 7.87. The number of rotatable bonds is 3. The van der Waals surface area contributed by atoms with Crippen LogP contribution >= 0.6 is 0 Å². The third-order valence-corrected chi connectivity index (χ3v) is 5.50. The van der Waals surface area contributed by atoms with Gasteiger partial charge in [0.05, 0.1) is 5.69 Å². The number of nitrogens with zero attached hydrogens (tertiary/aromatic N) is 4. The normalized spacial score (nSPS) is 14.0. The van der Waals surface area contributed by atoms with Crippen molar-refractivity contribution >= 4 is 17.5 Å². The zero-order chi connectivity index (χ0) is 21.1. The Kier molecular flexibility index (Phi) is 5.65. The van der Waals surface area contributed by atoms with Gasteiger partial charge in [-0.3, -0.25) is 0 Å². The number of carbonyl (C=O) groups is 1. The van der Waals surface area contributed by atoms with Crippen molar-refractivity contribution < 1.29 is 4.79 Å². The molecule has 2 amide bonds. The molecule has 0 saturated carbocycles. The van der Waals surface area contributed by atoms with Crippen LogP contribution in [0, 0.1) is 20.8 Å². The number of amides is 2. The molecule has 4 rings (SSSR count). The topological polar surface area (TPSA) is 61.4 Å². The molecule has 1 aliphatic heterocycles. The Morgan fingerprint density at radius 2 is 1.53 bits per heavy atom. The van der Waals surface area contributed by atoms with Crippen LogP contribution in [0.3, 0.4) is 0 Å². The number of carbonyl (C=O) groups excluding carboxylic acids is 1. The van der Waals surface area contributed by atoms with E-state index in [1.165, 1.54) is 16.7 Å². The number of anilines is 2. The van der Waals surface area contributed by atoms with Gasteiger partial charge in [0.25, 0.3) is 0 Å². The van der Waals surface area contributed by atoms with E-state index in [-0.39, 0.29) is 6.03 Å².